The van der Waals surface area contributed by atoms with Gasteiger partial charge in [0.15, 0.2) is 0 Å². The Kier molecular flexibility index (Phi) is 3.87. The number of hydrogen-bond donors (Lipinski definition) is 1. The highest BCUT2D eigenvalue weighted by molar-refractivity contribution is 5.68. The Labute approximate surface area is 125 Å². The Morgan fingerprint density at radius 2 is 2.14 bits per heavy atom. The zero-order valence-electron chi connectivity index (χ0n) is 12.5. The fourth-order valence-corrected chi connectivity index (χ4v) is 2.97. The Morgan fingerprint density at radius 3 is 2.90 bits per heavy atom. The third kappa shape index (κ3) is 3.36. The molecule has 2 atom stereocenters. The Morgan fingerprint density at radius 1 is 1.38 bits per heavy atom. The molecule has 0 aliphatic carbocycles. The Balaban J connectivity index is 1.53. The fourth-order valence-electron chi connectivity index (χ4n) is 2.97. The second-order valence-electron chi connectivity index (χ2n) is 6.28. The SMILES string of the molecule is CC1(C)N[C@@H]2CN(C(=O)OCc3ccccc3)C[C@H]2CO1. The van der Waals surface area contributed by atoms with E-state index in [1.54, 1.807) is 4.90 Å². The minimum absolute atomic E-state index is 0.243. The molecule has 0 bridgehead atoms. The third-order valence-electron chi connectivity index (χ3n) is 4.10. The lowest BCUT2D eigenvalue weighted by Crippen LogP contribution is -2.56. The molecule has 0 aromatic heterocycles. The number of nitrogens with one attached hydrogen (secondary N) is 1. The normalized spacial score (nSPS) is 27.2. The van der Waals surface area contributed by atoms with Crippen molar-refractivity contribution in [3.05, 3.63) is 35.9 Å². The van der Waals surface area contributed by atoms with Crippen LogP contribution in [-0.2, 0) is 16.1 Å². The molecule has 3 rings (SSSR count). The van der Waals surface area contributed by atoms with Crippen LogP contribution in [0.4, 0.5) is 4.79 Å². The number of carbonyl (C=O) groups is 1. The van der Waals surface area contributed by atoms with Crippen LogP contribution in [0.3, 0.4) is 0 Å². The number of amides is 1. The van der Waals surface area contributed by atoms with E-state index in [0.29, 0.717) is 32.2 Å². The molecule has 2 saturated heterocycles. The van der Waals surface area contributed by atoms with Gasteiger partial charge in [-0.05, 0) is 19.4 Å². The van der Waals surface area contributed by atoms with Crippen molar-refractivity contribution in [2.45, 2.75) is 32.2 Å². The molecule has 0 saturated carbocycles. The first-order valence-electron chi connectivity index (χ1n) is 7.41. The van der Waals surface area contributed by atoms with Gasteiger partial charge < -0.3 is 14.4 Å². The van der Waals surface area contributed by atoms with Gasteiger partial charge in [0.25, 0.3) is 0 Å². The molecule has 2 aliphatic heterocycles. The molecule has 2 aliphatic rings. The number of ether oxygens (including phenoxy) is 2. The summed E-state index contributed by atoms with van der Waals surface area (Å²) in [5, 5.41) is 3.44. The van der Waals surface area contributed by atoms with Crippen molar-refractivity contribution in [2.24, 2.45) is 5.92 Å². The second-order valence-corrected chi connectivity index (χ2v) is 6.28. The first kappa shape index (κ1) is 14.4. The molecule has 5 nitrogen and oxygen atoms in total. The first-order valence-corrected chi connectivity index (χ1v) is 7.41. The van der Waals surface area contributed by atoms with Crippen molar-refractivity contribution in [2.75, 3.05) is 19.7 Å². The van der Waals surface area contributed by atoms with Gasteiger partial charge >= 0.3 is 6.09 Å². The lowest BCUT2D eigenvalue weighted by atomic mass is 10.0. The average Bonchev–Trinajstić information content (AvgIpc) is 2.87. The molecule has 0 unspecified atom stereocenters. The van der Waals surface area contributed by atoms with E-state index in [1.807, 2.05) is 44.2 Å². The van der Waals surface area contributed by atoms with Crippen LogP contribution in [0.1, 0.15) is 19.4 Å². The second kappa shape index (κ2) is 5.66. The van der Waals surface area contributed by atoms with Crippen LogP contribution in [0.15, 0.2) is 30.3 Å². The molecule has 1 amide bonds. The highest BCUT2D eigenvalue weighted by Crippen LogP contribution is 2.26. The molecule has 2 fully saturated rings. The summed E-state index contributed by atoms with van der Waals surface area (Å²) < 4.78 is 11.1. The zero-order chi connectivity index (χ0) is 14.9. The average molecular weight is 290 g/mol. The molecule has 1 N–H and O–H groups in total. The van der Waals surface area contributed by atoms with E-state index in [9.17, 15) is 4.79 Å². The van der Waals surface area contributed by atoms with Gasteiger partial charge in [-0.15, -0.1) is 0 Å². The van der Waals surface area contributed by atoms with E-state index in [1.165, 1.54) is 0 Å². The van der Waals surface area contributed by atoms with Gasteiger partial charge in [0, 0.05) is 25.0 Å². The summed E-state index contributed by atoms with van der Waals surface area (Å²) in [6, 6.07) is 10.0. The summed E-state index contributed by atoms with van der Waals surface area (Å²) >= 11 is 0. The zero-order valence-corrected chi connectivity index (χ0v) is 12.5. The number of likely N-dealkylation sites (tertiary alicyclic amines) is 1. The quantitative estimate of drug-likeness (QED) is 0.905. The van der Waals surface area contributed by atoms with Gasteiger partial charge in [-0.3, -0.25) is 5.32 Å². The van der Waals surface area contributed by atoms with Crippen LogP contribution in [0.25, 0.3) is 0 Å². The van der Waals surface area contributed by atoms with Crippen LogP contribution in [-0.4, -0.2) is 42.5 Å². The molecule has 114 valence electrons. The van der Waals surface area contributed by atoms with Crippen LogP contribution < -0.4 is 5.32 Å². The van der Waals surface area contributed by atoms with Gasteiger partial charge in [-0.25, -0.2) is 4.79 Å². The monoisotopic (exact) mass is 290 g/mol. The summed E-state index contributed by atoms with van der Waals surface area (Å²) in [4.78, 5) is 13.9. The lowest BCUT2D eigenvalue weighted by Gasteiger charge is -2.38. The fraction of sp³-hybridized carbons (Fsp3) is 0.562. The van der Waals surface area contributed by atoms with E-state index in [0.717, 1.165) is 5.56 Å². The van der Waals surface area contributed by atoms with Gasteiger partial charge in [-0.1, -0.05) is 30.3 Å². The van der Waals surface area contributed by atoms with Crippen LogP contribution in [0.2, 0.25) is 0 Å². The molecular formula is C16H22N2O3. The van der Waals surface area contributed by atoms with E-state index in [4.69, 9.17) is 9.47 Å². The van der Waals surface area contributed by atoms with Crippen molar-refractivity contribution >= 4 is 6.09 Å². The Bertz CT molecular complexity index is 504. The van der Waals surface area contributed by atoms with Crippen molar-refractivity contribution in [1.82, 2.24) is 10.2 Å². The van der Waals surface area contributed by atoms with Crippen molar-refractivity contribution in [1.29, 1.82) is 0 Å². The maximum absolute atomic E-state index is 12.2. The smallest absolute Gasteiger partial charge is 0.410 e. The van der Waals surface area contributed by atoms with Gasteiger partial charge in [0.1, 0.15) is 12.3 Å². The van der Waals surface area contributed by atoms with Crippen LogP contribution in [0, 0.1) is 5.92 Å². The molecule has 1 aromatic carbocycles. The molecule has 21 heavy (non-hydrogen) atoms. The van der Waals surface area contributed by atoms with Gasteiger partial charge in [-0.2, -0.15) is 0 Å². The largest absolute Gasteiger partial charge is 0.445 e. The summed E-state index contributed by atoms with van der Waals surface area (Å²) in [5.74, 6) is 0.349. The van der Waals surface area contributed by atoms with Crippen LogP contribution in [0.5, 0.6) is 0 Å². The van der Waals surface area contributed by atoms with Crippen molar-refractivity contribution < 1.29 is 14.3 Å². The van der Waals surface area contributed by atoms with Gasteiger partial charge in [0.05, 0.1) is 6.61 Å². The van der Waals surface area contributed by atoms with E-state index >= 15 is 0 Å². The molecule has 2 heterocycles. The highest BCUT2D eigenvalue weighted by atomic mass is 16.6. The van der Waals surface area contributed by atoms with E-state index in [-0.39, 0.29) is 17.9 Å². The number of fused-ring (bicyclic) bond motifs is 1. The highest BCUT2D eigenvalue weighted by Gasteiger charge is 2.42. The number of benzene rings is 1. The molecule has 0 radical (unpaired) electrons. The minimum atomic E-state index is -0.314. The Hall–Kier alpha value is -1.59. The number of carbonyl (C=O) groups excluding carboxylic acids is 1. The summed E-state index contributed by atoms with van der Waals surface area (Å²) in [6.45, 7) is 6.42. The number of rotatable bonds is 2. The molecular weight excluding hydrogens is 268 g/mol. The number of nitrogens with zero attached hydrogens (tertiary/aromatic N) is 1. The lowest BCUT2D eigenvalue weighted by molar-refractivity contribution is -0.101. The van der Waals surface area contributed by atoms with Crippen molar-refractivity contribution in [3.8, 4) is 0 Å². The van der Waals surface area contributed by atoms with E-state index in [2.05, 4.69) is 5.32 Å². The predicted octanol–water partition coefficient (Wildman–Crippen LogP) is 1.98. The first-order chi connectivity index (χ1) is 10.0. The number of hydrogen-bond acceptors (Lipinski definition) is 4. The maximum atomic E-state index is 12.2. The maximum Gasteiger partial charge on any atom is 0.410 e. The molecule has 1 aromatic rings. The van der Waals surface area contributed by atoms with Crippen molar-refractivity contribution in [3.63, 3.8) is 0 Å². The predicted molar refractivity (Wildman–Crippen MR) is 78.6 cm³/mol. The summed E-state index contributed by atoms with van der Waals surface area (Å²) in [6.07, 6.45) is -0.243. The summed E-state index contributed by atoms with van der Waals surface area (Å²) in [7, 11) is 0. The minimum Gasteiger partial charge on any atom is -0.445 e. The van der Waals surface area contributed by atoms with E-state index < -0.39 is 0 Å². The van der Waals surface area contributed by atoms with Crippen LogP contribution >= 0.6 is 0 Å². The molecule has 5 heteroatoms. The third-order valence-corrected chi connectivity index (χ3v) is 4.10. The molecule has 0 spiro atoms. The summed E-state index contributed by atoms with van der Waals surface area (Å²) in [5.41, 5.74) is 0.690. The standard InChI is InChI=1S/C16H22N2O3/c1-16(2)17-14-9-18(8-13(14)11-21-16)15(19)20-10-12-6-4-3-5-7-12/h3-7,13-14,17H,8-11H2,1-2H3/t13-,14+/m0/s1. The topological polar surface area (TPSA) is 50.8 Å². The van der Waals surface area contributed by atoms with Gasteiger partial charge in [0.2, 0.25) is 0 Å².